The van der Waals surface area contributed by atoms with Crippen LogP contribution < -0.4 is 15.4 Å². The van der Waals surface area contributed by atoms with Crippen LogP contribution in [-0.4, -0.2) is 35.2 Å². The second-order valence-corrected chi connectivity index (χ2v) is 6.18. The minimum atomic E-state index is -0.300. The Balaban J connectivity index is 1.59. The number of anilines is 1. The molecule has 0 spiro atoms. The first kappa shape index (κ1) is 19.2. The highest BCUT2D eigenvalue weighted by Gasteiger charge is 2.15. The third-order valence-electron chi connectivity index (χ3n) is 4.26. The van der Waals surface area contributed by atoms with Crippen molar-refractivity contribution < 1.29 is 14.3 Å². The lowest BCUT2D eigenvalue weighted by Gasteiger charge is -2.08. The highest BCUT2D eigenvalue weighted by molar-refractivity contribution is 6.04. The van der Waals surface area contributed by atoms with Crippen molar-refractivity contribution in [3.63, 3.8) is 0 Å². The van der Waals surface area contributed by atoms with Crippen LogP contribution in [0.1, 0.15) is 26.4 Å². The Hall–Kier alpha value is -3.61. The minimum Gasteiger partial charge on any atom is -0.496 e. The first-order valence-corrected chi connectivity index (χ1v) is 8.89. The maximum atomic E-state index is 12.4. The fraction of sp³-hybridized carbons (Fsp3) is 0.190. The van der Waals surface area contributed by atoms with E-state index in [1.54, 1.807) is 44.5 Å². The van der Waals surface area contributed by atoms with Crippen LogP contribution in [-0.2, 0) is 13.5 Å². The number of carbonyl (C=O) groups excluding carboxylic acids is 2. The van der Waals surface area contributed by atoms with Crippen LogP contribution in [0.3, 0.4) is 0 Å². The average molecular weight is 378 g/mol. The summed E-state index contributed by atoms with van der Waals surface area (Å²) in [6, 6.07) is 18.1. The summed E-state index contributed by atoms with van der Waals surface area (Å²) in [5, 5.41) is 9.79. The second-order valence-electron chi connectivity index (χ2n) is 6.18. The average Bonchev–Trinajstić information content (AvgIpc) is 3.09. The number of aryl methyl sites for hydroxylation is 1. The van der Waals surface area contributed by atoms with Gasteiger partial charge in [-0.2, -0.15) is 5.10 Å². The maximum Gasteiger partial charge on any atom is 0.271 e. The van der Waals surface area contributed by atoms with Crippen molar-refractivity contribution in [2.75, 3.05) is 19.0 Å². The van der Waals surface area contributed by atoms with Gasteiger partial charge < -0.3 is 15.4 Å². The van der Waals surface area contributed by atoms with Crippen molar-refractivity contribution in [2.45, 2.75) is 6.42 Å². The van der Waals surface area contributed by atoms with Crippen LogP contribution in [0.4, 0.5) is 5.82 Å². The summed E-state index contributed by atoms with van der Waals surface area (Å²) in [6.07, 6.45) is 0.639. The Morgan fingerprint density at radius 2 is 1.75 bits per heavy atom. The van der Waals surface area contributed by atoms with Crippen molar-refractivity contribution in [2.24, 2.45) is 7.05 Å². The molecular weight excluding hydrogens is 356 g/mol. The molecule has 144 valence electrons. The molecule has 2 N–H and O–H groups in total. The monoisotopic (exact) mass is 378 g/mol. The lowest BCUT2D eigenvalue weighted by Crippen LogP contribution is -2.26. The molecule has 3 aromatic rings. The van der Waals surface area contributed by atoms with Gasteiger partial charge in [-0.25, -0.2) is 0 Å². The normalized spacial score (nSPS) is 10.4. The molecular formula is C21H22N4O3. The lowest BCUT2D eigenvalue weighted by atomic mass is 10.1. The molecule has 0 saturated heterocycles. The molecule has 0 radical (unpaired) electrons. The van der Waals surface area contributed by atoms with Gasteiger partial charge >= 0.3 is 0 Å². The van der Waals surface area contributed by atoms with Crippen molar-refractivity contribution in [1.29, 1.82) is 0 Å². The molecule has 0 bridgehead atoms. The van der Waals surface area contributed by atoms with E-state index in [0.29, 0.717) is 24.3 Å². The molecule has 28 heavy (non-hydrogen) atoms. The molecule has 3 rings (SSSR count). The highest BCUT2D eigenvalue weighted by Crippen LogP contribution is 2.17. The zero-order valence-electron chi connectivity index (χ0n) is 15.8. The summed E-state index contributed by atoms with van der Waals surface area (Å²) >= 11 is 0. The molecule has 7 nitrogen and oxygen atoms in total. The van der Waals surface area contributed by atoms with Gasteiger partial charge in [-0.3, -0.25) is 14.3 Å². The quantitative estimate of drug-likeness (QED) is 0.662. The van der Waals surface area contributed by atoms with Gasteiger partial charge in [0.25, 0.3) is 11.8 Å². The molecule has 0 atom stereocenters. The predicted octanol–water partition coefficient (Wildman–Crippen LogP) is 2.65. The third kappa shape index (κ3) is 4.56. The molecule has 0 aliphatic heterocycles. The summed E-state index contributed by atoms with van der Waals surface area (Å²) < 4.78 is 6.78. The van der Waals surface area contributed by atoms with Gasteiger partial charge in [-0.15, -0.1) is 0 Å². The number of carbonyl (C=O) groups is 2. The number of hydrogen-bond acceptors (Lipinski definition) is 4. The molecule has 0 saturated carbocycles. The molecule has 2 aromatic carbocycles. The number of aromatic nitrogens is 2. The Morgan fingerprint density at radius 1 is 1.04 bits per heavy atom. The predicted molar refractivity (Wildman–Crippen MR) is 107 cm³/mol. The molecule has 7 heteroatoms. The van der Waals surface area contributed by atoms with Crippen LogP contribution in [0.15, 0.2) is 60.7 Å². The van der Waals surface area contributed by atoms with Crippen LogP contribution in [0.2, 0.25) is 0 Å². The molecule has 1 heterocycles. The van der Waals surface area contributed by atoms with Gasteiger partial charge in [-0.1, -0.05) is 36.4 Å². The Labute approximate surface area is 163 Å². The number of para-hydroxylation sites is 1. The van der Waals surface area contributed by atoms with Crippen molar-refractivity contribution >= 4 is 17.6 Å². The maximum absolute atomic E-state index is 12.4. The number of benzene rings is 2. The zero-order chi connectivity index (χ0) is 19.9. The summed E-state index contributed by atoms with van der Waals surface area (Å²) in [4.78, 5) is 24.6. The molecule has 0 aliphatic rings. The number of hydrogen-bond donors (Lipinski definition) is 2. The second kappa shape index (κ2) is 8.85. The fourth-order valence-electron chi connectivity index (χ4n) is 2.78. The van der Waals surface area contributed by atoms with Gasteiger partial charge in [0.05, 0.1) is 7.11 Å². The Bertz CT molecular complexity index is 967. The summed E-state index contributed by atoms with van der Waals surface area (Å²) in [7, 11) is 3.29. The number of rotatable bonds is 7. The fourth-order valence-corrected chi connectivity index (χ4v) is 2.78. The molecule has 0 fully saturated rings. The Morgan fingerprint density at radius 3 is 2.50 bits per heavy atom. The summed E-state index contributed by atoms with van der Waals surface area (Å²) in [6.45, 7) is 0.446. The van der Waals surface area contributed by atoms with E-state index in [-0.39, 0.29) is 17.5 Å². The minimum absolute atomic E-state index is 0.242. The number of methoxy groups -OCH3 is 1. The van der Waals surface area contributed by atoms with Crippen molar-refractivity contribution in [3.05, 3.63) is 77.5 Å². The van der Waals surface area contributed by atoms with Gasteiger partial charge in [-0.05, 0) is 30.2 Å². The standard InChI is InChI=1S/C21H22N4O3/c1-25-19(23-20(26)16-9-4-3-5-10-16)14-17(24-25)21(27)22-13-12-15-8-6-7-11-18(15)28-2/h3-11,14H,12-13H2,1-2H3,(H,22,27)(H,23,26). The van der Waals surface area contributed by atoms with E-state index in [4.69, 9.17) is 4.74 Å². The van der Waals surface area contributed by atoms with Crippen LogP contribution >= 0.6 is 0 Å². The number of ether oxygens (including phenoxy) is 1. The van der Waals surface area contributed by atoms with E-state index in [0.717, 1.165) is 11.3 Å². The first-order valence-electron chi connectivity index (χ1n) is 8.89. The van der Waals surface area contributed by atoms with Crippen LogP contribution in [0.5, 0.6) is 5.75 Å². The highest BCUT2D eigenvalue weighted by atomic mass is 16.5. The van der Waals surface area contributed by atoms with Gasteiger partial charge in [0.15, 0.2) is 5.69 Å². The van der Waals surface area contributed by atoms with E-state index >= 15 is 0 Å². The van der Waals surface area contributed by atoms with Crippen LogP contribution in [0, 0.1) is 0 Å². The molecule has 2 amide bonds. The number of nitrogens with zero attached hydrogens (tertiary/aromatic N) is 2. The van der Waals surface area contributed by atoms with Gasteiger partial charge in [0, 0.05) is 25.2 Å². The smallest absolute Gasteiger partial charge is 0.271 e. The number of nitrogens with one attached hydrogen (secondary N) is 2. The van der Waals surface area contributed by atoms with E-state index in [2.05, 4.69) is 15.7 Å². The van der Waals surface area contributed by atoms with Crippen LogP contribution in [0.25, 0.3) is 0 Å². The van der Waals surface area contributed by atoms with E-state index in [1.165, 1.54) is 4.68 Å². The molecule has 1 aromatic heterocycles. The zero-order valence-corrected chi connectivity index (χ0v) is 15.8. The first-order chi connectivity index (χ1) is 13.6. The van der Waals surface area contributed by atoms with Crippen molar-refractivity contribution in [3.8, 4) is 5.75 Å². The number of amides is 2. The van der Waals surface area contributed by atoms with Crippen molar-refractivity contribution in [1.82, 2.24) is 15.1 Å². The Kier molecular flexibility index (Phi) is 6.06. The van der Waals surface area contributed by atoms with E-state index in [9.17, 15) is 9.59 Å². The SMILES string of the molecule is COc1ccccc1CCNC(=O)c1cc(NC(=O)c2ccccc2)n(C)n1. The summed E-state index contributed by atoms with van der Waals surface area (Å²) in [5.74, 6) is 0.682. The lowest BCUT2D eigenvalue weighted by molar-refractivity contribution is 0.0947. The van der Waals surface area contributed by atoms with Gasteiger partial charge in [0.2, 0.25) is 0 Å². The van der Waals surface area contributed by atoms with E-state index < -0.39 is 0 Å². The van der Waals surface area contributed by atoms with Gasteiger partial charge in [0.1, 0.15) is 11.6 Å². The third-order valence-corrected chi connectivity index (χ3v) is 4.26. The molecule has 0 unspecified atom stereocenters. The topological polar surface area (TPSA) is 85.3 Å². The largest absolute Gasteiger partial charge is 0.496 e. The molecule has 0 aliphatic carbocycles. The van der Waals surface area contributed by atoms with E-state index in [1.807, 2.05) is 30.3 Å². The summed E-state index contributed by atoms with van der Waals surface area (Å²) in [5.41, 5.74) is 1.79.